The van der Waals surface area contributed by atoms with Crippen LogP contribution in [0, 0.1) is 0 Å². The van der Waals surface area contributed by atoms with Crippen molar-refractivity contribution in [3.05, 3.63) is 24.3 Å². The van der Waals surface area contributed by atoms with Gasteiger partial charge in [0.15, 0.2) is 0 Å². The lowest BCUT2D eigenvalue weighted by Gasteiger charge is -2.12. The average Bonchev–Trinajstić information content (AvgIpc) is 2.43. The summed E-state index contributed by atoms with van der Waals surface area (Å²) in [5.41, 5.74) is 0.695. The molecule has 2 N–H and O–H groups in total. The zero-order valence-corrected chi connectivity index (χ0v) is 11.7. The molecule has 1 aromatic carbocycles. The van der Waals surface area contributed by atoms with E-state index in [1.807, 2.05) is 19.1 Å². The van der Waals surface area contributed by atoms with Gasteiger partial charge in [-0.25, -0.2) is 4.98 Å². The molecule has 0 saturated carbocycles. The Hall–Kier alpha value is -2.05. The van der Waals surface area contributed by atoms with Crippen LogP contribution < -0.4 is 10.6 Å². The summed E-state index contributed by atoms with van der Waals surface area (Å²) in [6, 6.07) is 7.23. The molecule has 2 aromatic rings. The number of halogens is 3. The van der Waals surface area contributed by atoms with Crippen LogP contribution in [0.3, 0.4) is 0 Å². The fourth-order valence-electron chi connectivity index (χ4n) is 1.85. The van der Waals surface area contributed by atoms with Gasteiger partial charge in [0.2, 0.25) is 5.95 Å². The van der Waals surface area contributed by atoms with Gasteiger partial charge in [0.1, 0.15) is 5.82 Å². The SMILES string of the molecule is CCCNc1nc(NCCC(F)(F)F)c2ccccc2n1. The Morgan fingerprint density at radius 1 is 1.05 bits per heavy atom. The minimum absolute atomic E-state index is 0.211. The van der Waals surface area contributed by atoms with Crippen LogP contribution in [-0.2, 0) is 0 Å². The van der Waals surface area contributed by atoms with Gasteiger partial charge in [-0.3, -0.25) is 0 Å². The van der Waals surface area contributed by atoms with Crippen molar-refractivity contribution in [1.29, 1.82) is 0 Å². The minimum atomic E-state index is -4.18. The van der Waals surface area contributed by atoms with Crippen molar-refractivity contribution in [1.82, 2.24) is 9.97 Å². The molecule has 4 nitrogen and oxygen atoms in total. The maximum Gasteiger partial charge on any atom is 0.390 e. The first-order valence-electron chi connectivity index (χ1n) is 6.81. The van der Waals surface area contributed by atoms with Crippen LogP contribution in [0.5, 0.6) is 0 Å². The van der Waals surface area contributed by atoms with Crippen molar-refractivity contribution in [2.24, 2.45) is 0 Å². The van der Waals surface area contributed by atoms with E-state index >= 15 is 0 Å². The third kappa shape index (κ3) is 4.47. The number of nitrogens with one attached hydrogen (secondary N) is 2. The van der Waals surface area contributed by atoms with Crippen LogP contribution in [0.4, 0.5) is 24.9 Å². The molecule has 0 radical (unpaired) electrons. The van der Waals surface area contributed by atoms with E-state index in [9.17, 15) is 13.2 Å². The molecule has 0 spiro atoms. The van der Waals surface area contributed by atoms with E-state index in [4.69, 9.17) is 0 Å². The van der Waals surface area contributed by atoms with E-state index < -0.39 is 12.6 Å². The number of hydrogen-bond donors (Lipinski definition) is 2. The topological polar surface area (TPSA) is 49.8 Å². The summed E-state index contributed by atoms with van der Waals surface area (Å²) in [6.45, 7) is 2.51. The van der Waals surface area contributed by atoms with Crippen LogP contribution in [-0.4, -0.2) is 29.2 Å². The van der Waals surface area contributed by atoms with Crippen molar-refractivity contribution in [2.45, 2.75) is 25.9 Å². The van der Waals surface area contributed by atoms with Crippen LogP contribution in [0.2, 0.25) is 0 Å². The highest BCUT2D eigenvalue weighted by Crippen LogP contribution is 2.23. The van der Waals surface area contributed by atoms with Gasteiger partial charge in [-0.05, 0) is 18.6 Å². The number of rotatable bonds is 6. The van der Waals surface area contributed by atoms with Gasteiger partial charge in [0, 0.05) is 18.5 Å². The number of fused-ring (bicyclic) bond motifs is 1. The summed E-state index contributed by atoms with van der Waals surface area (Å²) < 4.78 is 36.7. The Morgan fingerprint density at radius 2 is 1.81 bits per heavy atom. The quantitative estimate of drug-likeness (QED) is 0.851. The van der Waals surface area contributed by atoms with Crippen LogP contribution in [0.15, 0.2) is 24.3 Å². The molecule has 0 unspecified atom stereocenters. The molecule has 0 aliphatic rings. The molecule has 2 rings (SSSR count). The van der Waals surface area contributed by atoms with Crippen LogP contribution in [0.1, 0.15) is 19.8 Å². The summed E-state index contributed by atoms with van der Waals surface area (Å²) >= 11 is 0. The predicted octanol–water partition coefficient (Wildman–Crippen LogP) is 3.82. The molecule has 0 saturated heterocycles. The number of nitrogens with zero attached hydrogens (tertiary/aromatic N) is 2. The van der Waals surface area contributed by atoms with E-state index in [1.54, 1.807) is 12.1 Å². The van der Waals surface area contributed by atoms with E-state index in [-0.39, 0.29) is 6.54 Å². The molecule has 0 fully saturated rings. The lowest BCUT2D eigenvalue weighted by molar-refractivity contribution is -0.131. The zero-order valence-electron chi connectivity index (χ0n) is 11.7. The lowest BCUT2D eigenvalue weighted by atomic mass is 10.2. The zero-order chi connectivity index (χ0) is 15.3. The van der Waals surface area contributed by atoms with E-state index in [2.05, 4.69) is 20.6 Å². The number of anilines is 2. The van der Waals surface area contributed by atoms with Gasteiger partial charge < -0.3 is 10.6 Å². The van der Waals surface area contributed by atoms with Gasteiger partial charge in [0.05, 0.1) is 11.9 Å². The Morgan fingerprint density at radius 3 is 2.52 bits per heavy atom. The normalized spacial score (nSPS) is 11.6. The second kappa shape index (κ2) is 6.60. The second-order valence-electron chi connectivity index (χ2n) is 4.63. The summed E-state index contributed by atoms with van der Waals surface area (Å²) in [4.78, 5) is 8.60. The lowest BCUT2D eigenvalue weighted by Crippen LogP contribution is -2.16. The Labute approximate surface area is 120 Å². The van der Waals surface area contributed by atoms with E-state index in [0.29, 0.717) is 29.2 Å². The van der Waals surface area contributed by atoms with Crippen molar-refractivity contribution in [3.63, 3.8) is 0 Å². The third-order valence-corrected chi connectivity index (χ3v) is 2.84. The van der Waals surface area contributed by atoms with Crippen molar-refractivity contribution < 1.29 is 13.2 Å². The average molecular weight is 298 g/mol. The fourth-order valence-corrected chi connectivity index (χ4v) is 1.85. The maximum atomic E-state index is 12.2. The molecule has 0 aliphatic heterocycles. The largest absolute Gasteiger partial charge is 0.390 e. The predicted molar refractivity (Wildman–Crippen MR) is 77.5 cm³/mol. The first-order valence-corrected chi connectivity index (χ1v) is 6.81. The third-order valence-electron chi connectivity index (χ3n) is 2.84. The Bertz CT molecular complexity index is 598. The summed E-state index contributed by atoms with van der Waals surface area (Å²) in [7, 11) is 0. The minimum Gasteiger partial charge on any atom is -0.369 e. The van der Waals surface area contributed by atoms with Gasteiger partial charge in [-0.1, -0.05) is 19.1 Å². The number of hydrogen-bond acceptors (Lipinski definition) is 4. The summed E-state index contributed by atoms with van der Waals surface area (Å²) in [6.07, 6.45) is -4.17. The maximum absolute atomic E-state index is 12.2. The Balaban J connectivity index is 2.22. The molecule has 114 valence electrons. The van der Waals surface area contributed by atoms with Gasteiger partial charge in [0.25, 0.3) is 0 Å². The monoisotopic (exact) mass is 298 g/mol. The fraction of sp³-hybridized carbons (Fsp3) is 0.429. The van der Waals surface area contributed by atoms with Gasteiger partial charge in [-0.2, -0.15) is 18.2 Å². The summed E-state index contributed by atoms with van der Waals surface area (Å²) in [5, 5.41) is 6.51. The molecule has 0 bridgehead atoms. The molecule has 1 aromatic heterocycles. The molecular weight excluding hydrogens is 281 g/mol. The highest BCUT2D eigenvalue weighted by Gasteiger charge is 2.26. The van der Waals surface area contributed by atoms with Crippen LogP contribution >= 0.6 is 0 Å². The standard InChI is InChI=1S/C14H17F3N4/c1-2-8-19-13-20-11-6-4-3-5-10(11)12(21-13)18-9-7-14(15,16)17/h3-6H,2,7-9H2,1H3,(H2,18,19,20,21). The highest BCUT2D eigenvalue weighted by molar-refractivity contribution is 5.89. The van der Waals surface area contributed by atoms with Crippen molar-refractivity contribution in [2.75, 3.05) is 23.7 Å². The Kier molecular flexibility index (Phi) is 4.82. The molecule has 21 heavy (non-hydrogen) atoms. The number of aromatic nitrogens is 2. The van der Waals surface area contributed by atoms with Gasteiger partial charge >= 0.3 is 6.18 Å². The molecule has 0 aliphatic carbocycles. The summed E-state index contributed by atoms with van der Waals surface area (Å²) in [5.74, 6) is 0.841. The van der Waals surface area contributed by atoms with Crippen molar-refractivity contribution in [3.8, 4) is 0 Å². The van der Waals surface area contributed by atoms with Gasteiger partial charge in [-0.15, -0.1) is 0 Å². The number of benzene rings is 1. The number of para-hydroxylation sites is 1. The second-order valence-corrected chi connectivity index (χ2v) is 4.63. The molecule has 0 atom stereocenters. The molecule has 0 amide bonds. The molecule has 1 heterocycles. The van der Waals surface area contributed by atoms with E-state index in [1.165, 1.54) is 0 Å². The smallest absolute Gasteiger partial charge is 0.369 e. The van der Waals surface area contributed by atoms with Crippen LogP contribution in [0.25, 0.3) is 10.9 Å². The molecular formula is C14H17F3N4. The highest BCUT2D eigenvalue weighted by atomic mass is 19.4. The first kappa shape index (κ1) is 15.3. The molecule has 7 heteroatoms. The van der Waals surface area contributed by atoms with Crippen molar-refractivity contribution >= 4 is 22.7 Å². The van der Waals surface area contributed by atoms with E-state index in [0.717, 1.165) is 6.42 Å². The first-order chi connectivity index (χ1) is 9.99. The number of alkyl halides is 3.